The zero-order valence-corrected chi connectivity index (χ0v) is 8.92. The minimum atomic E-state index is 0.538. The molecule has 1 aliphatic rings. The van der Waals surface area contributed by atoms with Gasteiger partial charge in [0.25, 0.3) is 0 Å². The summed E-state index contributed by atoms with van der Waals surface area (Å²) in [6.07, 6.45) is 0. The third-order valence-corrected chi connectivity index (χ3v) is 3.86. The molecule has 1 aromatic heterocycles. The number of aryl methyl sites for hydroxylation is 1. The topological polar surface area (TPSA) is 17.8 Å². The maximum Gasteiger partial charge on any atom is 0.122 e. The van der Waals surface area contributed by atoms with Gasteiger partial charge in [-0.2, -0.15) is 0 Å². The number of benzene rings is 1. The van der Waals surface area contributed by atoms with Gasteiger partial charge < -0.3 is 4.57 Å². The summed E-state index contributed by atoms with van der Waals surface area (Å²) in [7, 11) is 0. The van der Waals surface area contributed by atoms with Crippen molar-refractivity contribution in [3.8, 4) is 0 Å². The van der Waals surface area contributed by atoms with E-state index in [2.05, 4.69) is 40.7 Å². The van der Waals surface area contributed by atoms with Crippen LogP contribution in [0.1, 0.15) is 18.0 Å². The highest BCUT2D eigenvalue weighted by Gasteiger charge is 2.20. The van der Waals surface area contributed by atoms with E-state index < -0.39 is 0 Å². The molecule has 1 aromatic carbocycles. The lowest BCUT2D eigenvalue weighted by Crippen LogP contribution is -2.13. The lowest BCUT2D eigenvalue weighted by molar-refractivity contribution is 0.704. The van der Waals surface area contributed by atoms with Crippen molar-refractivity contribution in [2.24, 2.45) is 0 Å². The normalized spacial score (nSPS) is 21.1. The minimum Gasteiger partial charge on any atom is -0.326 e. The first kappa shape index (κ1) is 8.36. The van der Waals surface area contributed by atoms with Crippen LogP contribution in [0.15, 0.2) is 24.3 Å². The molecule has 1 unspecified atom stereocenters. The SMILES string of the molecule is CC1SCCn2c1nc1ccccc12. The van der Waals surface area contributed by atoms with Crippen LogP contribution in [0.3, 0.4) is 0 Å². The largest absolute Gasteiger partial charge is 0.326 e. The lowest BCUT2D eigenvalue weighted by Gasteiger charge is -2.19. The highest BCUT2D eigenvalue weighted by atomic mass is 32.2. The Morgan fingerprint density at radius 3 is 3.21 bits per heavy atom. The van der Waals surface area contributed by atoms with E-state index in [4.69, 9.17) is 0 Å². The third kappa shape index (κ3) is 1.08. The smallest absolute Gasteiger partial charge is 0.122 e. The molecule has 2 heterocycles. The number of hydrogen-bond acceptors (Lipinski definition) is 2. The van der Waals surface area contributed by atoms with Gasteiger partial charge in [0.2, 0.25) is 0 Å². The third-order valence-electron chi connectivity index (χ3n) is 2.73. The van der Waals surface area contributed by atoms with Crippen molar-refractivity contribution >= 4 is 22.8 Å². The maximum absolute atomic E-state index is 4.68. The standard InChI is InChI=1S/C11H12N2S/c1-8-11-12-9-4-2-3-5-10(9)13(11)6-7-14-8/h2-5,8H,6-7H2,1H3. The molecule has 1 aliphatic heterocycles. The van der Waals surface area contributed by atoms with Crippen LogP contribution < -0.4 is 0 Å². The number of aromatic nitrogens is 2. The quantitative estimate of drug-likeness (QED) is 0.656. The van der Waals surface area contributed by atoms with E-state index in [1.807, 2.05) is 11.8 Å². The van der Waals surface area contributed by atoms with Gasteiger partial charge >= 0.3 is 0 Å². The molecule has 2 nitrogen and oxygen atoms in total. The van der Waals surface area contributed by atoms with Gasteiger partial charge in [0, 0.05) is 12.3 Å². The highest BCUT2D eigenvalue weighted by Crippen LogP contribution is 2.34. The van der Waals surface area contributed by atoms with Crippen molar-refractivity contribution in [1.29, 1.82) is 0 Å². The number of nitrogens with zero attached hydrogens (tertiary/aromatic N) is 2. The molecule has 3 rings (SSSR count). The van der Waals surface area contributed by atoms with E-state index in [9.17, 15) is 0 Å². The van der Waals surface area contributed by atoms with Gasteiger partial charge in [0.05, 0.1) is 16.3 Å². The summed E-state index contributed by atoms with van der Waals surface area (Å²) in [5.41, 5.74) is 2.42. The number of fused-ring (bicyclic) bond motifs is 3. The van der Waals surface area contributed by atoms with Crippen molar-refractivity contribution < 1.29 is 0 Å². The average Bonchev–Trinajstić information content (AvgIpc) is 2.59. The average molecular weight is 204 g/mol. The van der Waals surface area contributed by atoms with E-state index in [1.54, 1.807) is 0 Å². The molecule has 3 heteroatoms. The summed E-state index contributed by atoms with van der Waals surface area (Å²) in [5.74, 6) is 2.44. The Bertz CT molecular complexity index is 475. The maximum atomic E-state index is 4.68. The number of para-hydroxylation sites is 2. The van der Waals surface area contributed by atoms with Gasteiger partial charge in [-0.15, -0.1) is 11.8 Å². The van der Waals surface area contributed by atoms with E-state index in [-0.39, 0.29) is 0 Å². The van der Waals surface area contributed by atoms with Crippen LogP contribution in [-0.4, -0.2) is 15.3 Å². The second kappa shape index (κ2) is 3.02. The summed E-state index contributed by atoms with van der Waals surface area (Å²) in [4.78, 5) is 4.68. The molecular formula is C11H12N2S. The van der Waals surface area contributed by atoms with Crippen LogP contribution in [0.4, 0.5) is 0 Å². The molecule has 0 spiro atoms. The first-order valence-corrected chi connectivity index (χ1v) is 5.98. The van der Waals surface area contributed by atoms with Gasteiger partial charge in [-0.1, -0.05) is 12.1 Å². The second-order valence-corrected chi connectivity index (χ2v) is 5.07. The Kier molecular flexibility index (Phi) is 1.80. The lowest BCUT2D eigenvalue weighted by atomic mass is 10.3. The zero-order chi connectivity index (χ0) is 9.54. The number of hydrogen-bond donors (Lipinski definition) is 0. The van der Waals surface area contributed by atoms with Crippen molar-refractivity contribution in [2.75, 3.05) is 5.75 Å². The Labute approximate surface area is 87.3 Å². The van der Waals surface area contributed by atoms with Crippen LogP contribution in [0, 0.1) is 0 Å². The molecule has 0 aliphatic carbocycles. The summed E-state index contributed by atoms with van der Waals surface area (Å²) in [5, 5.41) is 0.538. The van der Waals surface area contributed by atoms with Gasteiger partial charge in [-0.25, -0.2) is 4.98 Å². The summed E-state index contributed by atoms with van der Waals surface area (Å²) >= 11 is 1.99. The molecule has 0 saturated carbocycles. The molecule has 0 fully saturated rings. The second-order valence-electron chi connectivity index (χ2n) is 3.62. The zero-order valence-electron chi connectivity index (χ0n) is 8.10. The Morgan fingerprint density at radius 2 is 2.29 bits per heavy atom. The fourth-order valence-corrected chi connectivity index (χ4v) is 3.01. The molecule has 2 aromatic rings. The van der Waals surface area contributed by atoms with Gasteiger partial charge in [-0.05, 0) is 19.1 Å². The van der Waals surface area contributed by atoms with E-state index in [0.29, 0.717) is 5.25 Å². The van der Waals surface area contributed by atoms with Crippen LogP contribution in [0.5, 0.6) is 0 Å². The van der Waals surface area contributed by atoms with Crippen molar-refractivity contribution in [3.05, 3.63) is 30.1 Å². The first-order valence-electron chi connectivity index (χ1n) is 4.93. The van der Waals surface area contributed by atoms with Crippen molar-refractivity contribution in [1.82, 2.24) is 9.55 Å². The van der Waals surface area contributed by atoms with Crippen LogP contribution in [0.2, 0.25) is 0 Å². The fraction of sp³-hybridized carbons (Fsp3) is 0.364. The number of imidazole rings is 1. The van der Waals surface area contributed by atoms with Gasteiger partial charge in [0.1, 0.15) is 5.82 Å². The van der Waals surface area contributed by atoms with Crippen LogP contribution in [-0.2, 0) is 6.54 Å². The van der Waals surface area contributed by atoms with Crippen molar-refractivity contribution in [2.45, 2.75) is 18.7 Å². The molecule has 0 amide bonds. The Morgan fingerprint density at radius 1 is 1.43 bits per heavy atom. The Balaban J connectivity index is 2.32. The minimum absolute atomic E-state index is 0.538. The molecule has 0 bridgehead atoms. The molecule has 0 N–H and O–H groups in total. The van der Waals surface area contributed by atoms with Crippen molar-refractivity contribution in [3.63, 3.8) is 0 Å². The van der Waals surface area contributed by atoms with Crippen LogP contribution >= 0.6 is 11.8 Å². The predicted octanol–water partition coefficient (Wildman–Crippen LogP) is 2.84. The summed E-state index contributed by atoms with van der Waals surface area (Å²) in [6.45, 7) is 3.34. The van der Waals surface area contributed by atoms with E-state index in [1.165, 1.54) is 17.1 Å². The fourth-order valence-electron chi connectivity index (χ4n) is 2.03. The van der Waals surface area contributed by atoms with Gasteiger partial charge in [0.15, 0.2) is 0 Å². The predicted molar refractivity (Wildman–Crippen MR) is 60.6 cm³/mol. The van der Waals surface area contributed by atoms with E-state index in [0.717, 1.165) is 12.1 Å². The van der Waals surface area contributed by atoms with Crippen LogP contribution in [0.25, 0.3) is 11.0 Å². The number of thioether (sulfide) groups is 1. The van der Waals surface area contributed by atoms with Gasteiger partial charge in [-0.3, -0.25) is 0 Å². The molecule has 72 valence electrons. The molecular weight excluding hydrogens is 192 g/mol. The molecule has 0 saturated heterocycles. The van der Waals surface area contributed by atoms with E-state index >= 15 is 0 Å². The Hall–Kier alpha value is -0.960. The first-order chi connectivity index (χ1) is 6.86. The molecule has 0 radical (unpaired) electrons. The summed E-state index contributed by atoms with van der Waals surface area (Å²) < 4.78 is 2.36. The highest BCUT2D eigenvalue weighted by molar-refractivity contribution is 7.99. The number of rotatable bonds is 0. The molecule has 1 atom stereocenters. The summed E-state index contributed by atoms with van der Waals surface area (Å²) in [6, 6.07) is 8.40. The monoisotopic (exact) mass is 204 g/mol. The molecule has 14 heavy (non-hydrogen) atoms.